The first-order valence-corrected chi connectivity index (χ1v) is 15.9. The van der Waals surface area contributed by atoms with E-state index >= 15 is 0 Å². The number of nitrogens with one attached hydrogen (secondary N) is 2. The first-order valence-electron chi connectivity index (χ1n) is 14.5. The second kappa shape index (κ2) is 14.3. The monoisotopic (exact) mass is 627 g/mol. The fourth-order valence-electron chi connectivity index (χ4n) is 4.36. The maximum absolute atomic E-state index is 12.5. The number of nitrogens with zero attached hydrogens (tertiary/aromatic N) is 3. The molecule has 3 aromatic carbocycles. The molecule has 0 saturated heterocycles. The summed E-state index contributed by atoms with van der Waals surface area (Å²) in [6.07, 6.45) is 1.38. The highest BCUT2D eigenvalue weighted by Gasteiger charge is 2.18. The molecule has 11 heteroatoms. The van der Waals surface area contributed by atoms with E-state index < -0.39 is 21.8 Å². The number of benzene rings is 3. The molecule has 234 valence electrons. The van der Waals surface area contributed by atoms with Gasteiger partial charge in [-0.05, 0) is 75.4 Å². The normalized spacial score (nSPS) is 12.2. The standard InChI is InChI=1S/C34H37N5O5S/c1-23-9-15-30(16-10-23)45(41,42)43-18-17-25-7-6-8-29(19-25)38-32-36-22-28(20-35)31(39-32)27-13-11-26(12-14-27)24(2)21-37-33(40)44-34(3,4)5/h6-16,19,22,24H,17-18,21H2,1-5H3,(H,37,40)(H,36,38,39). The minimum absolute atomic E-state index is 0.0111. The Labute approximate surface area is 264 Å². The first-order chi connectivity index (χ1) is 21.3. The smallest absolute Gasteiger partial charge is 0.407 e. The molecule has 4 rings (SSSR count). The number of nitriles is 1. The summed E-state index contributed by atoms with van der Waals surface area (Å²) in [7, 11) is -3.85. The molecule has 0 bridgehead atoms. The van der Waals surface area contributed by atoms with Crippen LogP contribution in [-0.4, -0.2) is 43.2 Å². The number of rotatable bonds is 11. The van der Waals surface area contributed by atoms with E-state index in [1.807, 2.05) is 83.1 Å². The minimum Gasteiger partial charge on any atom is -0.444 e. The predicted octanol–water partition coefficient (Wildman–Crippen LogP) is 6.64. The van der Waals surface area contributed by atoms with Crippen LogP contribution in [0.15, 0.2) is 83.9 Å². The van der Waals surface area contributed by atoms with Gasteiger partial charge in [-0.25, -0.2) is 14.8 Å². The Bertz CT molecular complexity index is 1780. The summed E-state index contributed by atoms with van der Waals surface area (Å²) in [5.41, 5.74) is 4.52. The van der Waals surface area contributed by atoms with Gasteiger partial charge in [-0.15, -0.1) is 0 Å². The molecule has 2 N–H and O–H groups in total. The van der Waals surface area contributed by atoms with Crippen molar-refractivity contribution in [3.8, 4) is 17.3 Å². The largest absolute Gasteiger partial charge is 0.444 e. The number of alkyl carbamates (subject to hydrolysis) is 1. The maximum atomic E-state index is 12.5. The van der Waals surface area contributed by atoms with E-state index in [2.05, 4.69) is 26.7 Å². The van der Waals surface area contributed by atoms with Crippen LogP contribution in [-0.2, 0) is 25.5 Å². The zero-order chi connectivity index (χ0) is 32.6. The van der Waals surface area contributed by atoms with Gasteiger partial charge < -0.3 is 15.4 Å². The number of anilines is 2. The lowest BCUT2D eigenvalue weighted by Crippen LogP contribution is -2.34. The van der Waals surface area contributed by atoms with E-state index in [9.17, 15) is 18.5 Å². The van der Waals surface area contributed by atoms with Crippen molar-refractivity contribution in [1.29, 1.82) is 5.26 Å². The molecule has 1 heterocycles. The van der Waals surface area contributed by atoms with Crippen molar-refractivity contribution in [2.24, 2.45) is 0 Å². The zero-order valence-corrected chi connectivity index (χ0v) is 26.8. The van der Waals surface area contributed by atoms with Crippen LogP contribution in [0.3, 0.4) is 0 Å². The number of hydrogen-bond acceptors (Lipinski definition) is 9. The van der Waals surface area contributed by atoms with Crippen molar-refractivity contribution in [3.63, 3.8) is 0 Å². The third-order valence-corrected chi connectivity index (χ3v) is 8.06. The van der Waals surface area contributed by atoms with E-state index in [-0.39, 0.29) is 17.4 Å². The highest BCUT2D eigenvalue weighted by molar-refractivity contribution is 7.86. The Morgan fingerprint density at radius 1 is 1.04 bits per heavy atom. The maximum Gasteiger partial charge on any atom is 0.407 e. The molecule has 1 unspecified atom stereocenters. The lowest BCUT2D eigenvalue weighted by molar-refractivity contribution is 0.0525. The van der Waals surface area contributed by atoms with Gasteiger partial charge in [0.05, 0.1) is 29.0 Å². The zero-order valence-electron chi connectivity index (χ0n) is 26.0. The Morgan fingerprint density at radius 3 is 2.42 bits per heavy atom. The summed E-state index contributed by atoms with van der Waals surface area (Å²) < 4.78 is 35.5. The summed E-state index contributed by atoms with van der Waals surface area (Å²) in [6, 6.07) is 23.8. The second-order valence-corrected chi connectivity index (χ2v) is 13.3. The Kier molecular flexibility index (Phi) is 10.5. The molecule has 1 amide bonds. The average Bonchev–Trinajstić information content (AvgIpc) is 2.99. The number of amides is 1. The van der Waals surface area contributed by atoms with Gasteiger partial charge in [-0.1, -0.05) is 61.0 Å². The molecule has 0 aliphatic carbocycles. The molecule has 1 aromatic heterocycles. The van der Waals surface area contributed by atoms with Crippen LogP contribution in [0.5, 0.6) is 0 Å². The molecule has 0 saturated carbocycles. The van der Waals surface area contributed by atoms with Gasteiger partial charge in [0.15, 0.2) is 0 Å². The summed E-state index contributed by atoms with van der Waals surface area (Å²) in [4.78, 5) is 21.1. The van der Waals surface area contributed by atoms with Crippen molar-refractivity contribution in [2.75, 3.05) is 18.5 Å². The molecule has 0 fully saturated rings. The van der Waals surface area contributed by atoms with E-state index in [0.717, 1.165) is 22.3 Å². The van der Waals surface area contributed by atoms with Crippen LogP contribution in [0, 0.1) is 18.3 Å². The molecule has 0 radical (unpaired) electrons. The van der Waals surface area contributed by atoms with Gasteiger partial charge in [-0.2, -0.15) is 13.7 Å². The van der Waals surface area contributed by atoms with Gasteiger partial charge in [-0.3, -0.25) is 4.18 Å². The quantitative estimate of drug-likeness (QED) is 0.175. The molecule has 0 aliphatic rings. The van der Waals surface area contributed by atoms with Gasteiger partial charge in [0.2, 0.25) is 5.95 Å². The number of carbonyl (C=O) groups is 1. The number of hydrogen-bond donors (Lipinski definition) is 2. The van der Waals surface area contributed by atoms with Gasteiger partial charge in [0.1, 0.15) is 11.7 Å². The molecular weight excluding hydrogens is 590 g/mol. The lowest BCUT2D eigenvalue weighted by atomic mass is 9.98. The Balaban J connectivity index is 1.40. The van der Waals surface area contributed by atoms with E-state index in [1.165, 1.54) is 18.3 Å². The minimum atomic E-state index is -3.85. The Hall–Kier alpha value is -4.79. The van der Waals surface area contributed by atoms with Crippen molar-refractivity contribution in [1.82, 2.24) is 15.3 Å². The van der Waals surface area contributed by atoms with Crippen LogP contribution in [0.1, 0.15) is 55.9 Å². The van der Waals surface area contributed by atoms with Gasteiger partial charge in [0.25, 0.3) is 10.1 Å². The summed E-state index contributed by atoms with van der Waals surface area (Å²) >= 11 is 0. The fraction of sp³-hybridized carbons (Fsp3) is 0.294. The molecule has 10 nitrogen and oxygen atoms in total. The summed E-state index contributed by atoms with van der Waals surface area (Å²) in [5, 5.41) is 15.7. The van der Waals surface area contributed by atoms with Gasteiger partial charge >= 0.3 is 6.09 Å². The van der Waals surface area contributed by atoms with Crippen molar-refractivity contribution < 1.29 is 22.1 Å². The highest BCUT2D eigenvalue weighted by atomic mass is 32.2. The topological polar surface area (TPSA) is 143 Å². The third kappa shape index (κ3) is 9.60. The van der Waals surface area contributed by atoms with Crippen LogP contribution < -0.4 is 10.6 Å². The SMILES string of the molecule is Cc1ccc(S(=O)(=O)OCCc2cccc(Nc3ncc(C#N)c(-c4ccc(C(C)CNC(=O)OC(C)(C)C)cc4)n3)c2)cc1. The molecule has 1 atom stereocenters. The molecule has 45 heavy (non-hydrogen) atoms. The van der Waals surface area contributed by atoms with Crippen molar-refractivity contribution in [3.05, 3.63) is 101 Å². The summed E-state index contributed by atoms with van der Waals surface area (Å²) in [6.45, 7) is 9.74. The van der Waals surface area contributed by atoms with Crippen LogP contribution in [0.2, 0.25) is 0 Å². The van der Waals surface area contributed by atoms with Crippen LogP contribution in [0.25, 0.3) is 11.3 Å². The number of aryl methyl sites for hydroxylation is 1. The van der Waals surface area contributed by atoms with Crippen LogP contribution >= 0.6 is 0 Å². The fourth-order valence-corrected chi connectivity index (χ4v) is 5.27. The lowest BCUT2D eigenvalue weighted by Gasteiger charge is -2.21. The Morgan fingerprint density at radius 2 is 1.76 bits per heavy atom. The number of aromatic nitrogens is 2. The molecule has 4 aromatic rings. The molecule has 0 spiro atoms. The first kappa shape index (κ1) is 33.1. The molecular formula is C34H37N5O5S. The average molecular weight is 628 g/mol. The van der Waals surface area contributed by atoms with E-state index in [4.69, 9.17) is 8.92 Å². The summed E-state index contributed by atoms with van der Waals surface area (Å²) in [5.74, 6) is 0.336. The van der Waals surface area contributed by atoms with Crippen LogP contribution in [0.4, 0.5) is 16.4 Å². The van der Waals surface area contributed by atoms with Gasteiger partial charge in [0, 0.05) is 17.8 Å². The van der Waals surface area contributed by atoms with Crippen molar-refractivity contribution in [2.45, 2.75) is 57.5 Å². The highest BCUT2D eigenvalue weighted by Crippen LogP contribution is 2.26. The number of carbonyl (C=O) groups excluding carboxylic acids is 1. The number of ether oxygens (including phenoxy) is 1. The third-order valence-electron chi connectivity index (χ3n) is 6.74. The van der Waals surface area contributed by atoms with E-state index in [0.29, 0.717) is 35.9 Å². The molecule has 0 aliphatic heterocycles. The van der Waals surface area contributed by atoms with E-state index in [1.54, 1.807) is 12.1 Å². The van der Waals surface area contributed by atoms with Crippen molar-refractivity contribution >= 4 is 27.8 Å². The predicted molar refractivity (Wildman–Crippen MR) is 173 cm³/mol. The second-order valence-electron chi connectivity index (χ2n) is 11.6.